The Morgan fingerprint density at radius 1 is 0.897 bits per heavy atom. The van der Waals surface area contributed by atoms with Crippen LogP contribution < -0.4 is 19.5 Å². The molecule has 0 saturated carbocycles. The molecule has 0 bridgehead atoms. The van der Waals surface area contributed by atoms with Gasteiger partial charge in [0.1, 0.15) is 12.0 Å². The third-order valence-corrected chi connectivity index (χ3v) is 4.41. The minimum Gasteiger partial charge on any atom is -0.493 e. The van der Waals surface area contributed by atoms with E-state index >= 15 is 0 Å². The molecule has 29 heavy (non-hydrogen) atoms. The Morgan fingerprint density at radius 2 is 1.52 bits per heavy atom. The van der Waals surface area contributed by atoms with Crippen LogP contribution in [0.5, 0.6) is 17.2 Å². The van der Waals surface area contributed by atoms with E-state index in [4.69, 9.17) is 18.9 Å². The summed E-state index contributed by atoms with van der Waals surface area (Å²) >= 11 is 0. The number of ether oxygens (including phenoxy) is 5. The number of methoxy groups -OCH3 is 4. The third-order valence-electron chi connectivity index (χ3n) is 4.41. The summed E-state index contributed by atoms with van der Waals surface area (Å²) in [6.07, 6.45) is 0.812. The van der Waals surface area contributed by atoms with Crippen molar-refractivity contribution in [3.05, 3.63) is 65.0 Å². The third kappa shape index (κ3) is 3.96. The Hall–Kier alpha value is -3.68. The first kappa shape index (κ1) is 20.1. The minimum atomic E-state index is -0.553. The van der Waals surface area contributed by atoms with Crippen LogP contribution >= 0.6 is 0 Å². The van der Waals surface area contributed by atoms with Crippen molar-refractivity contribution < 1.29 is 33.3 Å². The summed E-state index contributed by atoms with van der Waals surface area (Å²) in [5.74, 6) is 0.445. The highest BCUT2D eigenvalue weighted by Gasteiger charge is 2.26. The van der Waals surface area contributed by atoms with Crippen molar-refractivity contribution in [2.24, 2.45) is 0 Å². The van der Waals surface area contributed by atoms with E-state index in [0.29, 0.717) is 28.4 Å². The number of carbonyl (C=O) groups is 2. The number of ketones is 1. The van der Waals surface area contributed by atoms with Crippen LogP contribution in [-0.4, -0.2) is 40.2 Å². The molecule has 152 valence electrons. The molecular weight excluding hydrogens is 378 g/mol. The molecule has 0 fully saturated rings. The van der Waals surface area contributed by atoms with Crippen LogP contribution in [0.2, 0.25) is 0 Å². The molecule has 0 radical (unpaired) electrons. The van der Waals surface area contributed by atoms with Gasteiger partial charge in [-0.3, -0.25) is 4.79 Å². The zero-order chi connectivity index (χ0) is 21.0. The first-order chi connectivity index (χ1) is 14.0. The number of Topliss-reactive ketones (excluding diaryl/α,β-unsaturated/α-hetero) is 1. The highest BCUT2D eigenvalue weighted by Crippen LogP contribution is 2.39. The molecule has 1 aliphatic heterocycles. The molecule has 1 atom stereocenters. The predicted molar refractivity (Wildman–Crippen MR) is 103 cm³/mol. The maximum atomic E-state index is 12.9. The Morgan fingerprint density at radius 3 is 2.03 bits per heavy atom. The molecule has 0 saturated heterocycles. The lowest BCUT2D eigenvalue weighted by atomic mass is 10.1. The van der Waals surface area contributed by atoms with Crippen LogP contribution in [0.4, 0.5) is 0 Å². The van der Waals surface area contributed by atoms with Crippen LogP contribution in [0.1, 0.15) is 32.5 Å². The molecule has 1 N–H and O–H groups in total. The van der Waals surface area contributed by atoms with Crippen molar-refractivity contribution in [1.82, 2.24) is 5.32 Å². The summed E-state index contributed by atoms with van der Waals surface area (Å²) in [6.45, 7) is 0. The lowest BCUT2D eigenvalue weighted by molar-refractivity contribution is 0.0600. The van der Waals surface area contributed by atoms with E-state index in [9.17, 15) is 9.59 Å². The number of allylic oxidation sites excluding steroid dienone is 1. The van der Waals surface area contributed by atoms with Gasteiger partial charge in [0.2, 0.25) is 11.5 Å². The monoisotopic (exact) mass is 399 g/mol. The van der Waals surface area contributed by atoms with Gasteiger partial charge in [-0.2, -0.15) is 0 Å². The molecule has 3 rings (SSSR count). The molecule has 2 aromatic carbocycles. The summed E-state index contributed by atoms with van der Waals surface area (Å²) < 4.78 is 26.1. The van der Waals surface area contributed by atoms with Crippen molar-refractivity contribution >= 4 is 11.8 Å². The first-order valence-corrected chi connectivity index (χ1v) is 8.67. The smallest absolute Gasteiger partial charge is 0.337 e. The SMILES string of the molecule is COC(=O)c1ccc(C2NC(C(=O)c3cc(OC)c(OC)c(OC)c3)=CO2)cc1. The number of nitrogens with one attached hydrogen (secondary N) is 1. The molecule has 1 heterocycles. The molecular formula is C21H21NO7. The van der Waals surface area contributed by atoms with Gasteiger partial charge in [-0.1, -0.05) is 12.1 Å². The molecule has 0 aromatic heterocycles. The second-order valence-electron chi connectivity index (χ2n) is 6.05. The number of hydrogen-bond acceptors (Lipinski definition) is 8. The van der Waals surface area contributed by atoms with Gasteiger partial charge in [-0.25, -0.2) is 4.79 Å². The second kappa shape index (κ2) is 8.55. The van der Waals surface area contributed by atoms with Gasteiger partial charge in [0.15, 0.2) is 17.7 Å². The lowest BCUT2D eigenvalue weighted by Gasteiger charge is -2.15. The normalized spacial score (nSPS) is 14.9. The van der Waals surface area contributed by atoms with E-state index in [1.54, 1.807) is 36.4 Å². The van der Waals surface area contributed by atoms with Gasteiger partial charge in [-0.15, -0.1) is 0 Å². The Labute approximate surface area is 168 Å². The zero-order valence-corrected chi connectivity index (χ0v) is 16.5. The topological polar surface area (TPSA) is 92.3 Å². The van der Waals surface area contributed by atoms with Crippen LogP contribution in [0.3, 0.4) is 0 Å². The molecule has 0 spiro atoms. The Kier molecular flexibility index (Phi) is 5.92. The fourth-order valence-corrected chi connectivity index (χ4v) is 2.91. The maximum absolute atomic E-state index is 12.9. The van der Waals surface area contributed by atoms with Gasteiger partial charge in [0.05, 0.1) is 34.0 Å². The maximum Gasteiger partial charge on any atom is 0.337 e. The quantitative estimate of drug-likeness (QED) is 0.561. The molecule has 8 heteroatoms. The summed E-state index contributed by atoms with van der Waals surface area (Å²) in [6, 6.07) is 9.86. The average Bonchev–Trinajstić information content (AvgIpc) is 3.27. The fourth-order valence-electron chi connectivity index (χ4n) is 2.91. The standard InChI is InChI=1S/C21H21NO7/c1-25-16-9-14(10-17(26-2)19(16)27-3)18(23)15-11-29-20(22-15)12-5-7-13(8-6-12)21(24)28-4/h5-11,20,22H,1-4H3. The summed E-state index contributed by atoms with van der Waals surface area (Å²) in [4.78, 5) is 24.5. The van der Waals surface area contributed by atoms with Crippen molar-refractivity contribution in [1.29, 1.82) is 0 Å². The summed E-state index contributed by atoms with van der Waals surface area (Å²) in [5.41, 5.74) is 1.81. The molecule has 8 nitrogen and oxygen atoms in total. The van der Waals surface area contributed by atoms with Crippen LogP contribution in [0.25, 0.3) is 0 Å². The predicted octanol–water partition coefficient (Wildman–Crippen LogP) is 2.84. The minimum absolute atomic E-state index is 0.279. The highest BCUT2D eigenvalue weighted by molar-refractivity contribution is 6.09. The number of benzene rings is 2. The van der Waals surface area contributed by atoms with Gasteiger partial charge in [0.25, 0.3) is 0 Å². The first-order valence-electron chi connectivity index (χ1n) is 8.67. The van der Waals surface area contributed by atoms with E-state index in [1.165, 1.54) is 34.7 Å². The lowest BCUT2D eigenvalue weighted by Crippen LogP contribution is -2.21. The number of esters is 1. The Balaban J connectivity index is 1.78. The number of carbonyl (C=O) groups excluding carboxylic acids is 2. The number of hydrogen-bond donors (Lipinski definition) is 1. The van der Waals surface area contributed by atoms with Gasteiger partial charge in [0, 0.05) is 11.1 Å². The van der Waals surface area contributed by atoms with E-state index < -0.39 is 12.2 Å². The van der Waals surface area contributed by atoms with Gasteiger partial charge < -0.3 is 29.0 Å². The van der Waals surface area contributed by atoms with E-state index in [1.807, 2.05) is 0 Å². The van der Waals surface area contributed by atoms with Crippen molar-refractivity contribution in [3.8, 4) is 17.2 Å². The molecule has 1 aliphatic rings. The average molecular weight is 399 g/mol. The van der Waals surface area contributed by atoms with Crippen molar-refractivity contribution in [2.45, 2.75) is 6.23 Å². The number of rotatable bonds is 7. The molecule has 2 aromatic rings. The van der Waals surface area contributed by atoms with Gasteiger partial charge >= 0.3 is 5.97 Å². The molecule has 0 amide bonds. The van der Waals surface area contributed by atoms with Crippen LogP contribution in [-0.2, 0) is 9.47 Å². The van der Waals surface area contributed by atoms with Crippen molar-refractivity contribution in [2.75, 3.05) is 28.4 Å². The highest BCUT2D eigenvalue weighted by atomic mass is 16.5. The molecule has 1 unspecified atom stereocenters. The van der Waals surface area contributed by atoms with E-state index in [0.717, 1.165) is 5.56 Å². The van der Waals surface area contributed by atoms with E-state index in [2.05, 4.69) is 10.1 Å². The zero-order valence-electron chi connectivity index (χ0n) is 16.5. The van der Waals surface area contributed by atoms with Gasteiger partial charge in [-0.05, 0) is 24.3 Å². The van der Waals surface area contributed by atoms with Crippen molar-refractivity contribution in [3.63, 3.8) is 0 Å². The summed E-state index contributed by atoms with van der Waals surface area (Å²) in [7, 11) is 5.78. The van der Waals surface area contributed by atoms with Crippen LogP contribution in [0, 0.1) is 0 Å². The largest absolute Gasteiger partial charge is 0.493 e. The second-order valence-corrected chi connectivity index (χ2v) is 6.05. The Bertz CT molecular complexity index is 925. The molecule has 0 aliphatic carbocycles. The van der Waals surface area contributed by atoms with Crippen LogP contribution in [0.15, 0.2) is 48.4 Å². The van der Waals surface area contributed by atoms with E-state index in [-0.39, 0.29) is 11.5 Å². The fraction of sp³-hybridized carbons (Fsp3) is 0.238. The summed E-state index contributed by atoms with van der Waals surface area (Å²) in [5, 5.41) is 3.03.